The summed E-state index contributed by atoms with van der Waals surface area (Å²) in [5.41, 5.74) is 0.805. The molecule has 1 saturated heterocycles. The van der Waals surface area contributed by atoms with Gasteiger partial charge in [0, 0.05) is 10.0 Å². The molecule has 1 amide bonds. The highest BCUT2D eigenvalue weighted by molar-refractivity contribution is 9.10. The molecule has 36 heavy (non-hydrogen) atoms. The standard InChI is InChI=1S/C22H17BrF9NO3/c23-15-5-4-11(20(24,25)26)9-14(15)16(36-19(33)34)2-1-3-17-18(35-17)10-6-12(21(27,28)29)8-13(7-10)22(30,31)32/h4-9,16-18H,1-3H2,(H2,33,34)/t16-,17-,18-/m0/s1. The normalized spacial score (nSPS) is 19.2. The number of carbonyl (C=O) groups excluding carboxylic acids is 1. The second-order valence-electron chi connectivity index (χ2n) is 8.02. The summed E-state index contributed by atoms with van der Waals surface area (Å²) >= 11 is 3.10. The summed E-state index contributed by atoms with van der Waals surface area (Å²) in [4.78, 5) is 11.3. The molecule has 0 aliphatic carbocycles. The number of carbonyl (C=O) groups is 1. The minimum Gasteiger partial charge on any atom is -0.441 e. The van der Waals surface area contributed by atoms with Crippen molar-refractivity contribution < 1.29 is 53.8 Å². The molecule has 1 fully saturated rings. The first kappa shape index (κ1) is 28.1. The average molecular weight is 594 g/mol. The van der Waals surface area contributed by atoms with Crippen molar-refractivity contribution in [3.8, 4) is 0 Å². The van der Waals surface area contributed by atoms with Gasteiger partial charge in [0.1, 0.15) is 12.2 Å². The number of epoxide rings is 1. The molecule has 0 aromatic heterocycles. The molecule has 1 aliphatic heterocycles. The van der Waals surface area contributed by atoms with Crippen LogP contribution in [0, 0.1) is 0 Å². The Balaban J connectivity index is 1.72. The Kier molecular flexibility index (Phi) is 7.89. The lowest BCUT2D eigenvalue weighted by molar-refractivity contribution is -0.143. The largest absolute Gasteiger partial charge is 0.441 e. The molecule has 1 heterocycles. The van der Waals surface area contributed by atoms with Crippen LogP contribution < -0.4 is 5.73 Å². The van der Waals surface area contributed by atoms with Gasteiger partial charge in [-0.05, 0) is 61.2 Å². The Morgan fingerprint density at radius 2 is 1.47 bits per heavy atom. The van der Waals surface area contributed by atoms with Crippen molar-refractivity contribution in [2.24, 2.45) is 5.73 Å². The van der Waals surface area contributed by atoms with Gasteiger partial charge in [0.2, 0.25) is 0 Å². The predicted octanol–water partition coefficient (Wildman–Crippen LogP) is 7.95. The molecule has 4 nitrogen and oxygen atoms in total. The maximum absolute atomic E-state index is 13.1. The molecule has 14 heteroatoms. The third kappa shape index (κ3) is 7.05. The number of rotatable bonds is 7. The second kappa shape index (κ2) is 10.1. The lowest BCUT2D eigenvalue weighted by Gasteiger charge is -2.20. The molecular formula is C22H17BrF9NO3. The van der Waals surface area contributed by atoms with Crippen LogP contribution in [0.2, 0.25) is 0 Å². The smallest absolute Gasteiger partial charge is 0.416 e. The highest BCUT2D eigenvalue weighted by atomic mass is 79.9. The van der Waals surface area contributed by atoms with Gasteiger partial charge in [-0.15, -0.1) is 0 Å². The van der Waals surface area contributed by atoms with Crippen LogP contribution >= 0.6 is 15.9 Å². The Hall–Kier alpha value is -2.48. The lowest BCUT2D eigenvalue weighted by Crippen LogP contribution is -2.18. The Labute approximate surface area is 206 Å². The van der Waals surface area contributed by atoms with E-state index in [9.17, 15) is 44.3 Å². The molecule has 198 valence electrons. The number of benzene rings is 2. The molecule has 3 atom stereocenters. The number of amides is 1. The number of ether oxygens (including phenoxy) is 2. The number of primary amides is 1. The van der Waals surface area contributed by atoms with Crippen LogP contribution in [0.1, 0.15) is 59.3 Å². The molecule has 2 N–H and O–H groups in total. The third-order valence-electron chi connectivity index (χ3n) is 5.40. The van der Waals surface area contributed by atoms with Gasteiger partial charge < -0.3 is 15.2 Å². The van der Waals surface area contributed by atoms with Gasteiger partial charge in [0.25, 0.3) is 0 Å². The molecule has 1 aliphatic rings. The Morgan fingerprint density at radius 1 is 0.917 bits per heavy atom. The van der Waals surface area contributed by atoms with E-state index in [0.29, 0.717) is 12.1 Å². The quantitative estimate of drug-likeness (QED) is 0.262. The summed E-state index contributed by atoms with van der Waals surface area (Å²) in [7, 11) is 0. The van der Waals surface area contributed by atoms with E-state index in [1.165, 1.54) is 0 Å². The van der Waals surface area contributed by atoms with Crippen LogP contribution in [0.15, 0.2) is 40.9 Å². The molecule has 2 aromatic rings. The van der Waals surface area contributed by atoms with Crippen molar-refractivity contribution in [2.45, 2.75) is 56.1 Å². The van der Waals surface area contributed by atoms with E-state index < -0.39 is 59.6 Å². The highest BCUT2D eigenvalue weighted by Gasteiger charge is 2.44. The second-order valence-corrected chi connectivity index (χ2v) is 8.88. The topological polar surface area (TPSA) is 64.9 Å². The van der Waals surface area contributed by atoms with Gasteiger partial charge in [-0.25, -0.2) is 4.79 Å². The zero-order chi connectivity index (χ0) is 27.1. The molecule has 0 unspecified atom stereocenters. The fourth-order valence-corrected chi connectivity index (χ4v) is 4.19. The van der Waals surface area contributed by atoms with E-state index >= 15 is 0 Å². The number of halogens is 10. The summed E-state index contributed by atoms with van der Waals surface area (Å²) in [6.07, 6.45) is -18.6. The highest BCUT2D eigenvalue weighted by Crippen LogP contribution is 2.46. The number of alkyl halides is 9. The third-order valence-corrected chi connectivity index (χ3v) is 6.13. The van der Waals surface area contributed by atoms with E-state index in [-0.39, 0.29) is 40.9 Å². The summed E-state index contributed by atoms with van der Waals surface area (Å²) in [6.45, 7) is 0. The van der Waals surface area contributed by atoms with Gasteiger partial charge in [-0.2, -0.15) is 39.5 Å². The number of nitrogens with two attached hydrogens (primary N) is 1. The van der Waals surface area contributed by atoms with Crippen LogP contribution in [-0.4, -0.2) is 12.2 Å². The minimum atomic E-state index is -5.00. The van der Waals surface area contributed by atoms with Gasteiger partial charge >= 0.3 is 24.6 Å². The van der Waals surface area contributed by atoms with E-state index in [2.05, 4.69) is 15.9 Å². The summed E-state index contributed by atoms with van der Waals surface area (Å²) in [6, 6.07) is 3.91. The molecule has 0 radical (unpaired) electrons. The molecule has 2 aromatic carbocycles. The van der Waals surface area contributed by atoms with Crippen molar-refractivity contribution in [1.82, 2.24) is 0 Å². The molecule has 0 saturated carbocycles. The van der Waals surface area contributed by atoms with Crippen LogP contribution in [0.5, 0.6) is 0 Å². The molecular weight excluding hydrogens is 577 g/mol. The summed E-state index contributed by atoms with van der Waals surface area (Å²) < 4.78 is 128. The average Bonchev–Trinajstić information content (AvgIpc) is 3.50. The van der Waals surface area contributed by atoms with E-state index in [0.717, 1.165) is 18.2 Å². The zero-order valence-corrected chi connectivity index (χ0v) is 19.5. The van der Waals surface area contributed by atoms with Crippen molar-refractivity contribution in [3.05, 3.63) is 68.7 Å². The summed E-state index contributed by atoms with van der Waals surface area (Å²) in [5, 5.41) is 0. The first-order valence-corrected chi connectivity index (χ1v) is 11.0. The predicted molar refractivity (Wildman–Crippen MR) is 110 cm³/mol. The van der Waals surface area contributed by atoms with Crippen molar-refractivity contribution in [2.75, 3.05) is 0 Å². The molecule has 0 spiro atoms. The fourth-order valence-electron chi connectivity index (χ4n) is 3.69. The minimum absolute atomic E-state index is 0.00964. The maximum atomic E-state index is 13.1. The summed E-state index contributed by atoms with van der Waals surface area (Å²) in [5.74, 6) is 0. The van der Waals surface area contributed by atoms with E-state index in [4.69, 9.17) is 15.2 Å². The van der Waals surface area contributed by atoms with Crippen molar-refractivity contribution in [1.29, 1.82) is 0 Å². The first-order chi connectivity index (χ1) is 16.5. The molecule has 0 bridgehead atoms. The van der Waals surface area contributed by atoms with E-state index in [1.54, 1.807) is 0 Å². The van der Waals surface area contributed by atoms with Gasteiger partial charge in [-0.1, -0.05) is 15.9 Å². The van der Waals surface area contributed by atoms with Crippen LogP contribution in [0.3, 0.4) is 0 Å². The number of hydrogen-bond donors (Lipinski definition) is 1. The van der Waals surface area contributed by atoms with Gasteiger partial charge in [0.15, 0.2) is 0 Å². The molecule has 3 rings (SSSR count). The Morgan fingerprint density at radius 3 is 1.97 bits per heavy atom. The van der Waals surface area contributed by atoms with Crippen LogP contribution in [0.4, 0.5) is 44.3 Å². The monoisotopic (exact) mass is 593 g/mol. The van der Waals surface area contributed by atoms with E-state index in [1.807, 2.05) is 0 Å². The van der Waals surface area contributed by atoms with Crippen LogP contribution in [-0.2, 0) is 28.0 Å². The first-order valence-electron chi connectivity index (χ1n) is 10.2. The van der Waals surface area contributed by atoms with Crippen molar-refractivity contribution >= 4 is 22.0 Å². The SMILES string of the molecule is NC(=O)O[C@@H](CCC[C@@H]1O[C@H]1c1cc(C(F)(F)F)cc(C(F)(F)F)c1)c1cc(C(F)(F)F)ccc1Br. The maximum Gasteiger partial charge on any atom is 0.416 e. The zero-order valence-electron chi connectivity index (χ0n) is 17.9. The van der Waals surface area contributed by atoms with Crippen molar-refractivity contribution in [3.63, 3.8) is 0 Å². The van der Waals surface area contributed by atoms with Crippen LogP contribution in [0.25, 0.3) is 0 Å². The van der Waals surface area contributed by atoms with Gasteiger partial charge in [0.05, 0.1) is 22.8 Å². The lowest BCUT2D eigenvalue weighted by atomic mass is 9.98. The fraction of sp³-hybridized carbons (Fsp3) is 0.409. The van der Waals surface area contributed by atoms with Gasteiger partial charge in [-0.3, -0.25) is 0 Å². The Bertz CT molecular complexity index is 1080. The number of hydrogen-bond acceptors (Lipinski definition) is 3.